The molecule has 2 heterocycles. The molecule has 3 rings (SSSR count). The SMILES string of the molecule is CN1CCCC(c2cccc(C3CCCNC3)c2)C1. The highest BCUT2D eigenvalue weighted by Gasteiger charge is 2.20. The molecule has 0 spiro atoms. The van der Waals surface area contributed by atoms with Crippen molar-refractivity contribution < 1.29 is 0 Å². The molecule has 1 aromatic rings. The van der Waals surface area contributed by atoms with Crippen molar-refractivity contribution in [3.63, 3.8) is 0 Å². The fraction of sp³-hybridized carbons (Fsp3) is 0.647. The molecule has 2 saturated heterocycles. The van der Waals surface area contributed by atoms with Crippen LogP contribution in [0.25, 0.3) is 0 Å². The van der Waals surface area contributed by atoms with Crippen LogP contribution in [0.2, 0.25) is 0 Å². The maximum atomic E-state index is 3.53. The van der Waals surface area contributed by atoms with Crippen LogP contribution in [0.15, 0.2) is 24.3 Å². The van der Waals surface area contributed by atoms with E-state index in [4.69, 9.17) is 0 Å². The summed E-state index contributed by atoms with van der Waals surface area (Å²) in [6, 6.07) is 9.42. The van der Waals surface area contributed by atoms with Crippen LogP contribution in [0.3, 0.4) is 0 Å². The van der Waals surface area contributed by atoms with E-state index in [-0.39, 0.29) is 0 Å². The molecule has 1 aromatic carbocycles. The molecule has 2 aliphatic heterocycles. The second kappa shape index (κ2) is 6.06. The Bertz CT molecular complexity index is 409. The Labute approximate surface area is 117 Å². The van der Waals surface area contributed by atoms with Crippen molar-refractivity contribution in [3.8, 4) is 0 Å². The predicted octanol–water partition coefficient (Wildman–Crippen LogP) is 2.96. The summed E-state index contributed by atoms with van der Waals surface area (Å²) in [7, 11) is 2.25. The molecule has 2 nitrogen and oxygen atoms in total. The van der Waals surface area contributed by atoms with Crippen molar-refractivity contribution in [2.24, 2.45) is 0 Å². The Morgan fingerprint density at radius 3 is 2.63 bits per heavy atom. The van der Waals surface area contributed by atoms with E-state index in [0.717, 1.165) is 18.4 Å². The quantitative estimate of drug-likeness (QED) is 0.877. The molecule has 0 bridgehead atoms. The highest BCUT2D eigenvalue weighted by Crippen LogP contribution is 2.30. The number of likely N-dealkylation sites (tertiary alicyclic amines) is 1. The van der Waals surface area contributed by atoms with Crippen LogP contribution in [0.1, 0.15) is 48.6 Å². The van der Waals surface area contributed by atoms with Gasteiger partial charge in [-0.05, 0) is 68.8 Å². The van der Waals surface area contributed by atoms with E-state index in [0.29, 0.717) is 0 Å². The Morgan fingerprint density at radius 2 is 1.89 bits per heavy atom. The van der Waals surface area contributed by atoms with Gasteiger partial charge in [-0.3, -0.25) is 0 Å². The summed E-state index contributed by atoms with van der Waals surface area (Å²) in [5.41, 5.74) is 3.12. The fourth-order valence-electron chi connectivity index (χ4n) is 3.64. The van der Waals surface area contributed by atoms with Gasteiger partial charge in [0.15, 0.2) is 0 Å². The number of hydrogen-bond acceptors (Lipinski definition) is 2. The van der Waals surface area contributed by atoms with Crippen molar-refractivity contribution in [2.75, 3.05) is 33.2 Å². The highest BCUT2D eigenvalue weighted by atomic mass is 15.1. The van der Waals surface area contributed by atoms with Gasteiger partial charge in [0.25, 0.3) is 0 Å². The third kappa shape index (κ3) is 3.18. The molecule has 0 amide bonds. The highest BCUT2D eigenvalue weighted by molar-refractivity contribution is 5.30. The molecule has 0 aromatic heterocycles. The van der Waals surface area contributed by atoms with Crippen molar-refractivity contribution in [3.05, 3.63) is 35.4 Å². The first-order valence-corrected chi connectivity index (χ1v) is 7.82. The molecule has 1 N–H and O–H groups in total. The average Bonchev–Trinajstić information content (AvgIpc) is 2.48. The van der Waals surface area contributed by atoms with E-state index in [1.807, 2.05) is 0 Å². The molecule has 104 valence electrons. The van der Waals surface area contributed by atoms with E-state index in [1.165, 1.54) is 45.3 Å². The van der Waals surface area contributed by atoms with Crippen LogP contribution in [-0.4, -0.2) is 38.1 Å². The predicted molar refractivity (Wildman–Crippen MR) is 80.8 cm³/mol. The summed E-state index contributed by atoms with van der Waals surface area (Å²) in [4.78, 5) is 2.48. The summed E-state index contributed by atoms with van der Waals surface area (Å²) >= 11 is 0. The molecule has 2 heteroatoms. The number of rotatable bonds is 2. The maximum absolute atomic E-state index is 3.53. The number of likely N-dealkylation sites (N-methyl/N-ethyl adjacent to an activating group) is 1. The van der Waals surface area contributed by atoms with Gasteiger partial charge in [-0.1, -0.05) is 24.3 Å². The monoisotopic (exact) mass is 258 g/mol. The third-order valence-electron chi connectivity index (χ3n) is 4.77. The van der Waals surface area contributed by atoms with E-state index < -0.39 is 0 Å². The van der Waals surface area contributed by atoms with Gasteiger partial charge in [0.05, 0.1) is 0 Å². The molecule has 2 atom stereocenters. The number of benzene rings is 1. The zero-order valence-electron chi connectivity index (χ0n) is 12.1. The van der Waals surface area contributed by atoms with Crippen LogP contribution in [0.4, 0.5) is 0 Å². The largest absolute Gasteiger partial charge is 0.316 e. The summed E-state index contributed by atoms with van der Waals surface area (Å²) in [5, 5.41) is 3.53. The minimum atomic E-state index is 0.732. The Kier molecular flexibility index (Phi) is 4.19. The zero-order valence-corrected chi connectivity index (χ0v) is 12.1. The van der Waals surface area contributed by atoms with E-state index in [1.54, 1.807) is 11.1 Å². The van der Waals surface area contributed by atoms with Crippen LogP contribution in [-0.2, 0) is 0 Å². The van der Waals surface area contributed by atoms with Crippen molar-refractivity contribution in [1.29, 1.82) is 0 Å². The molecular formula is C17H26N2. The smallest absolute Gasteiger partial charge is 0.00472 e. The number of nitrogens with one attached hydrogen (secondary N) is 1. The van der Waals surface area contributed by atoms with E-state index in [9.17, 15) is 0 Å². The summed E-state index contributed by atoms with van der Waals surface area (Å²) in [5.74, 6) is 1.48. The van der Waals surface area contributed by atoms with Crippen molar-refractivity contribution in [1.82, 2.24) is 10.2 Å². The lowest BCUT2D eigenvalue weighted by atomic mass is 9.86. The van der Waals surface area contributed by atoms with Gasteiger partial charge in [0, 0.05) is 13.1 Å². The molecule has 19 heavy (non-hydrogen) atoms. The lowest BCUT2D eigenvalue weighted by Crippen LogP contribution is -2.31. The van der Waals surface area contributed by atoms with Crippen molar-refractivity contribution >= 4 is 0 Å². The first-order chi connectivity index (χ1) is 9.33. The normalized spacial score (nSPS) is 29.3. The Balaban J connectivity index is 1.75. The molecule has 2 fully saturated rings. The van der Waals surface area contributed by atoms with Crippen LogP contribution < -0.4 is 5.32 Å². The number of piperidine rings is 2. The summed E-state index contributed by atoms with van der Waals surface area (Å²) in [6.07, 6.45) is 5.37. The molecular weight excluding hydrogens is 232 g/mol. The van der Waals surface area contributed by atoms with E-state index in [2.05, 4.69) is 41.5 Å². The third-order valence-corrected chi connectivity index (χ3v) is 4.77. The Morgan fingerprint density at radius 1 is 1.11 bits per heavy atom. The lowest BCUT2D eigenvalue weighted by molar-refractivity contribution is 0.250. The second-order valence-electron chi connectivity index (χ2n) is 6.31. The topological polar surface area (TPSA) is 15.3 Å². The second-order valence-corrected chi connectivity index (χ2v) is 6.31. The summed E-state index contributed by atoms with van der Waals surface area (Å²) in [6.45, 7) is 4.85. The van der Waals surface area contributed by atoms with Gasteiger partial charge < -0.3 is 10.2 Å². The number of nitrogens with zero attached hydrogens (tertiary/aromatic N) is 1. The zero-order chi connectivity index (χ0) is 13.1. The number of hydrogen-bond donors (Lipinski definition) is 1. The van der Waals surface area contributed by atoms with E-state index >= 15 is 0 Å². The fourth-order valence-corrected chi connectivity index (χ4v) is 3.64. The average molecular weight is 258 g/mol. The van der Waals surface area contributed by atoms with Crippen LogP contribution >= 0.6 is 0 Å². The van der Waals surface area contributed by atoms with Gasteiger partial charge in [-0.2, -0.15) is 0 Å². The first kappa shape index (κ1) is 13.1. The van der Waals surface area contributed by atoms with Crippen LogP contribution in [0.5, 0.6) is 0 Å². The van der Waals surface area contributed by atoms with Crippen molar-refractivity contribution in [2.45, 2.75) is 37.5 Å². The minimum Gasteiger partial charge on any atom is -0.316 e. The molecule has 0 aliphatic carbocycles. The first-order valence-electron chi connectivity index (χ1n) is 7.82. The molecule has 0 radical (unpaired) electrons. The van der Waals surface area contributed by atoms with Gasteiger partial charge in [-0.15, -0.1) is 0 Å². The molecule has 2 unspecified atom stereocenters. The molecule has 2 aliphatic rings. The van der Waals surface area contributed by atoms with Gasteiger partial charge in [0.2, 0.25) is 0 Å². The van der Waals surface area contributed by atoms with Gasteiger partial charge in [0.1, 0.15) is 0 Å². The maximum Gasteiger partial charge on any atom is 0.00472 e. The molecule has 0 saturated carbocycles. The Hall–Kier alpha value is -0.860. The summed E-state index contributed by atoms with van der Waals surface area (Å²) < 4.78 is 0. The lowest BCUT2D eigenvalue weighted by Gasteiger charge is -2.31. The van der Waals surface area contributed by atoms with Gasteiger partial charge >= 0.3 is 0 Å². The standard InChI is InChI=1S/C17H26N2/c1-19-10-4-8-17(13-19)15-6-2-5-14(11-15)16-7-3-9-18-12-16/h2,5-6,11,16-18H,3-4,7-10,12-13H2,1H3. The minimum absolute atomic E-state index is 0.732. The van der Waals surface area contributed by atoms with Gasteiger partial charge in [-0.25, -0.2) is 0 Å². The van der Waals surface area contributed by atoms with Crippen LogP contribution in [0, 0.1) is 0 Å².